The van der Waals surface area contributed by atoms with Gasteiger partial charge >= 0.3 is 23.9 Å². The first-order valence-electron chi connectivity index (χ1n) is 10.8. The maximum absolute atomic E-state index is 12.8. The molecule has 0 bridgehead atoms. The number of cyclic esters (lactones) is 4. The van der Waals surface area contributed by atoms with Gasteiger partial charge in [0.15, 0.2) is 0 Å². The van der Waals surface area contributed by atoms with E-state index in [2.05, 4.69) is 0 Å². The van der Waals surface area contributed by atoms with Crippen molar-refractivity contribution >= 4 is 35.3 Å². The van der Waals surface area contributed by atoms with Crippen LogP contribution in [0.5, 0.6) is 0 Å². The molecule has 0 unspecified atom stereocenters. The number of nitrogens with zero attached hydrogens (tertiary/aromatic N) is 4. The summed E-state index contributed by atoms with van der Waals surface area (Å²) in [4.78, 5) is 72.3. The van der Waals surface area contributed by atoms with Crippen molar-refractivity contribution in [1.29, 1.82) is 0 Å². The number of fused-ring (bicyclic) bond motifs is 5. The summed E-state index contributed by atoms with van der Waals surface area (Å²) in [5, 5.41) is 25.1. The third-order valence-corrected chi connectivity index (χ3v) is 7.09. The van der Waals surface area contributed by atoms with Crippen LogP contribution >= 0.6 is 0 Å². The van der Waals surface area contributed by atoms with Crippen molar-refractivity contribution in [3.05, 3.63) is 79.9 Å². The fourth-order valence-electron chi connectivity index (χ4n) is 5.71. The molecule has 4 aliphatic heterocycles. The topological polar surface area (TPSA) is 180 Å². The molecule has 14 nitrogen and oxygen atoms in total. The van der Waals surface area contributed by atoms with Crippen LogP contribution in [0, 0.1) is 32.1 Å². The van der Waals surface area contributed by atoms with E-state index in [-0.39, 0.29) is 11.4 Å². The first-order valence-corrected chi connectivity index (χ1v) is 10.8. The molecule has 6 rings (SSSR count). The number of carbonyl (C=O) groups excluding carboxylic acids is 4. The molecule has 36 heavy (non-hydrogen) atoms. The Morgan fingerprint density at radius 2 is 0.889 bits per heavy atom. The number of nitro benzene ring substituents is 2. The molecule has 4 aliphatic rings. The molecule has 6 atom stereocenters. The highest BCUT2D eigenvalue weighted by Gasteiger charge is 2.73. The highest BCUT2D eigenvalue weighted by Crippen LogP contribution is 2.58. The van der Waals surface area contributed by atoms with E-state index >= 15 is 0 Å². The number of hydrazine groups is 1. The SMILES string of the molecule is O=C1OC(=O)[C@@H]2[C@@H]1[C@@H](c1ccc([N+](=O)[O-])cc1)N1[C@H]3C(=O)OC(=O)[C@@H]3[C@H](c3ccc([N+](=O)[O-])cc3)N21. The summed E-state index contributed by atoms with van der Waals surface area (Å²) in [5.74, 6) is -5.59. The summed E-state index contributed by atoms with van der Waals surface area (Å²) < 4.78 is 9.83. The molecule has 0 aliphatic carbocycles. The lowest BCUT2D eigenvalue weighted by Gasteiger charge is -2.33. The van der Waals surface area contributed by atoms with Gasteiger partial charge in [-0.05, 0) is 11.1 Å². The highest BCUT2D eigenvalue weighted by molar-refractivity contribution is 6.02. The fourth-order valence-corrected chi connectivity index (χ4v) is 5.71. The average Bonchev–Trinajstić information content (AvgIpc) is 3.52. The van der Waals surface area contributed by atoms with Gasteiger partial charge in [0.25, 0.3) is 11.4 Å². The van der Waals surface area contributed by atoms with Gasteiger partial charge in [-0.3, -0.25) is 29.8 Å². The van der Waals surface area contributed by atoms with Crippen molar-refractivity contribution in [3.63, 3.8) is 0 Å². The third-order valence-electron chi connectivity index (χ3n) is 7.09. The van der Waals surface area contributed by atoms with E-state index in [0.717, 1.165) is 0 Å². The minimum atomic E-state index is -1.19. The summed E-state index contributed by atoms with van der Waals surface area (Å²) >= 11 is 0. The van der Waals surface area contributed by atoms with Crippen molar-refractivity contribution in [2.45, 2.75) is 24.2 Å². The smallest absolute Gasteiger partial charge is 0.333 e. The molecule has 182 valence electrons. The molecule has 2 aromatic rings. The largest absolute Gasteiger partial charge is 0.392 e. The normalized spacial score (nSPS) is 31.1. The van der Waals surface area contributed by atoms with E-state index < -0.39 is 69.7 Å². The second kappa shape index (κ2) is 7.47. The van der Waals surface area contributed by atoms with Crippen molar-refractivity contribution < 1.29 is 38.5 Å². The second-order valence-corrected chi connectivity index (χ2v) is 8.77. The Morgan fingerprint density at radius 3 is 1.19 bits per heavy atom. The molecular formula is C22H14N4O10. The Bertz CT molecular complexity index is 1270. The zero-order valence-corrected chi connectivity index (χ0v) is 18.0. The van der Waals surface area contributed by atoms with Crippen molar-refractivity contribution in [3.8, 4) is 0 Å². The summed E-state index contributed by atoms with van der Waals surface area (Å²) in [6, 6.07) is 6.25. The number of non-ortho nitro benzene ring substituents is 2. The number of esters is 4. The average molecular weight is 494 g/mol. The van der Waals surface area contributed by atoms with Gasteiger partial charge in [0.1, 0.15) is 23.9 Å². The predicted octanol–water partition coefficient (Wildman–Crippen LogP) is 0.968. The lowest BCUT2D eigenvalue weighted by Crippen LogP contribution is -2.45. The van der Waals surface area contributed by atoms with Gasteiger partial charge in [-0.25, -0.2) is 19.6 Å². The van der Waals surface area contributed by atoms with Crippen LogP contribution in [0.25, 0.3) is 0 Å². The number of carbonyl (C=O) groups is 4. The van der Waals surface area contributed by atoms with Crippen molar-refractivity contribution in [1.82, 2.24) is 10.0 Å². The Kier molecular flexibility index (Phi) is 4.55. The van der Waals surface area contributed by atoms with Crippen LogP contribution in [-0.2, 0) is 28.7 Å². The van der Waals surface area contributed by atoms with Gasteiger partial charge < -0.3 is 9.47 Å². The monoisotopic (exact) mass is 494 g/mol. The number of ether oxygens (including phenoxy) is 2. The number of benzene rings is 2. The molecule has 14 heteroatoms. The molecule has 0 amide bonds. The Morgan fingerprint density at radius 1 is 0.556 bits per heavy atom. The second-order valence-electron chi connectivity index (χ2n) is 8.77. The zero-order valence-electron chi connectivity index (χ0n) is 18.0. The van der Waals surface area contributed by atoms with Crippen molar-refractivity contribution in [2.75, 3.05) is 0 Å². The van der Waals surface area contributed by atoms with Gasteiger partial charge in [-0.15, -0.1) is 0 Å². The molecule has 0 saturated carbocycles. The molecule has 0 aromatic heterocycles. The Balaban J connectivity index is 1.52. The van der Waals surface area contributed by atoms with Crippen LogP contribution < -0.4 is 0 Å². The first kappa shape index (κ1) is 21.9. The molecule has 4 fully saturated rings. The highest BCUT2D eigenvalue weighted by atomic mass is 16.6. The Labute approximate surface area is 200 Å². The lowest BCUT2D eigenvalue weighted by molar-refractivity contribution is -0.385. The van der Waals surface area contributed by atoms with E-state index in [1.165, 1.54) is 58.5 Å². The van der Waals surface area contributed by atoms with E-state index in [1.54, 1.807) is 0 Å². The minimum Gasteiger partial charge on any atom is -0.392 e. The van der Waals surface area contributed by atoms with Crippen LogP contribution in [0.1, 0.15) is 23.2 Å². The summed E-state index contributed by atoms with van der Waals surface area (Å²) in [5.41, 5.74) is 0.377. The first-order chi connectivity index (χ1) is 17.2. The molecule has 0 radical (unpaired) electrons. The molecule has 2 aromatic carbocycles. The van der Waals surface area contributed by atoms with Gasteiger partial charge in [0.2, 0.25) is 0 Å². The summed E-state index contributed by atoms with van der Waals surface area (Å²) in [6.07, 6.45) is 0. The minimum absolute atomic E-state index is 0.200. The van der Waals surface area contributed by atoms with E-state index in [0.29, 0.717) is 11.1 Å². The van der Waals surface area contributed by atoms with Crippen LogP contribution in [0.15, 0.2) is 48.5 Å². The fraction of sp³-hybridized carbons (Fsp3) is 0.273. The van der Waals surface area contributed by atoms with Crippen LogP contribution in [0.2, 0.25) is 0 Å². The van der Waals surface area contributed by atoms with Crippen LogP contribution in [0.3, 0.4) is 0 Å². The van der Waals surface area contributed by atoms with Crippen LogP contribution in [-0.4, -0.2) is 55.8 Å². The molecule has 4 saturated heterocycles. The quantitative estimate of drug-likeness (QED) is 0.255. The number of rotatable bonds is 4. The third kappa shape index (κ3) is 2.85. The number of nitro groups is 2. The maximum atomic E-state index is 12.8. The maximum Gasteiger partial charge on any atom is 0.333 e. The Hall–Kier alpha value is -4.56. The van der Waals surface area contributed by atoms with Gasteiger partial charge in [-0.2, -0.15) is 0 Å². The molecule has 0 N–H and O–H groups in total. The summed E-state index contributed by atoms with van der Waals surface area (Å²) in [6.45, 7) is 0. The van der Waals surface area contributed by atoms with Gasteiger partial charge in [0, 0.05) is 24.3 Å². The predicted molar refractivity (Wildman–Crippen MR) is 112 cm³/mol. The zero-order chi connectivity index (χ0) is 25.5. The van der Waals surface area contributed by atoms with E-state index in [9.17, 15) is 39.4 Å². The van der Waals surface area contributed by atoms with E-state index in [1.807, 2.05) is 0 Å². The summed E-state index contributed by atoms with van der Waals surface area (Å²) in [7, 11) is 0. The van der Waals surface area contributed by atoms with Gasteiger partial charge in [-0.1, -0.05) is 24.3 Å². The van der Waals surface area contributed by atoms with E-state index in [4.69, 9.17) is 9.47 Å². The molecule has 4 heterocycles. The number of hydrogen-bond donors (Lipinski definition) is 0. The standard InChI is InChI=1S/C22H14N4O10/c27-19-13-15(9-1-5-11(6-2-9)25(31)32)23-18-14(20(28)36-22(18)30)16(24(23)17(13)21(29)35-19)10-3-7-12(8-4-10)26(33)34/h1-8,13-18H/t13-,14+,15+,16-,17-,18+. The van der Waals surface area contributed by atoms with Crippen LogP contribution in [0.4, 0.5) is 11.4 Å². The lowest BCUT2D eigenvalue weighted by atomic mass is 9.84. The molecule has 0 spiro atoms. The molecular weight excluding hydrogens is 480 g/mol. The number of hydrogen-bond acceptors (Lipinski definition) is 12. The van der Waals surface area contributed by atoms with Crippen molar-refractivity contribution in [2.24, 2.45) is 11.8 Å². The van der Waals surface area contributed by atoms with Gasteiger partial charge in [0.05, 0.1) is 21.9 Å².